The summed E-state index contributed by atoms with van der Waals surface area (Å²) in [5.74, 6) is -2.55. The normalized spacial score (nSPS) is 9.53. The Morgan fingerprint density at radius 2 is 1.47 bits per heavy atom. The van der Waals surface area contributed by atoms with Gasteiger partial charge in [-0.25, -0.2) is 0 Å². The minimum atomic E-state index is -0.917. The van der Waals surface area contributed by atoms with Crippen molar-refractivity contribution in [2.45, 2.75) is 39.5 Å². The number of imide groups is 1. The maximum atomic E-state index is 11.3. The van der Waals surface area contributed by atoms with E-state index >= 15 is 0 Å². The Morgan fingerprint density at radius 3 is 1.88 bits per heavy atom. The molecule has 0 radical (unpaired) electrons. The number of carboxylic acids is 1. The van der Waals surface area contributed by atoms with Crippen molar-refractivity contribution in [2.24, 2.45) is 0 Å². The van der Waals surface area contributed by atoms with E-state index in [0.29, 0.717) is 17.9 Å². The summed E-state index contributed by atoms with van der Waals surface area (Å²) in [5, 5.41) is 9.00. The van der Waals surface area contributed by atoms with Crippen LogP contribution < -0.4 is 5.43 Å². The number of rotatable bonds is 5. The number of amides is 3. The zero-order valence-electron chi connectivity index (χ0n) is 9.86. The largest absolute Gasteiger partial charge is 0.481 e. The van der Waals surface area contributed by atoms with Crippen molar-refractivity contribution in [2.75, 3.05) is 0 Å². The van der Waals surface area contributed by atoms with Crippen LogP contribution in [0.15, 0.2) is 0 Å². The zero-order chi connectivity index (χ0) is 13.4. The van der Waals surface area contributed by atoms with E-state index in [1.165, 1.54) is 0 Å². The quantitative estimate of drug-likeness (QED) is 0.525. The van der Waals surface area contributed by atoms with E-state index in [1.807, 2.05) is 0 Å². The number of hydrazine groups is 1. The molecule has 7 nitrogen and oxygen atoms in total. The average molecular weight is 244 g/mol. The molecule has 0 saturated heterocycles. The Kier molecular flexibility index (Phi) is 6.54. The molecule has 17 heavy (non-hydrogen) atoms. The number of aliphatic carboxylic acids is 1. The number of nitrogens with zero attached hydrogens (tertiary/aromatic N) is 1. The topological polar surface area (TPSA) is 104 Å². The van der Waals surface area contributed by atoms with Gasteiger partial charge in [0.1, 0.15) is 0 Å². The van der Waals surface area contributed by atoms with Gasteiger partial charge >= 0.3 is 5.97 Å². The van der Waals surface area contributed by atoms with Crippen molar-refractivity contribution >= 4 is 23.7 Å². The molecule has 0 saturated carbocycles. The fourth-order valence-electron chi connectivity index (χ4n) is 1.12. The minimum Gasteiger partial charge on any atom is -0.481 e. The summed E-state index contributed by atoms with van der Waals surface area (Å²) < 4.78 is 0. The Morgan fingerprint density at radius 1 is 1.00 bits per heavy atom. The molecule has 2 N–H and O–H groups in total. The average Bonchev–Trinajstić information content (AvgIpc) is 2.19. The predicted molar refractivity (Wildman–Crippen MR) is 57.4 cm³/mol. The van der Waals surface area contributed by atoms with Gasteiger partial charge in [0.25, 0.3) is 0 Å². The Balaban J connectivity index is 3.95. The number of hydrogen-bond acceptors (Lipinski definition) is 4. The van der Waals surface area contributed by atoms with Crippen LogP contribution in [0.25, 0.3) is 0 Å². The molecule has 0 aromatic carbocycles. The second kappa shape index (κ2) is 7.37. The molecule has 0 aliphatic heterocycles. The first-order valence-electron chi connectivity index (χ1n) is 5.17. The van der Waals surface area contributed by atoms with Gasteiger partial charge in [0.2, 0.25) is 17.7 Å². The van der Waals surface area contributed by atoms with Crippen LogP contribution in [-0.2, 0) is 19.2 Å². The van der Waals surface area contributed by atoms with Crippen LogP contribution in [0.3, 0.4) is 0 Å². The number of carbonyl (C=O) groups is 4. The molecular weight excluding hydrogens is 228 g/mol. The summed E-state index contributed by atoms with van der Waals surface area (Å²) in [5.41, 5.74) is 2.15. The van der Waals surface area contributed by atoms with E-state index in [2.05, 4.69) is 5.43 Å². The lowest BCUT2D eigenvalue weighted by molar-refractivity contribution is -0.151. The molecule has 0 unspecified atom stereocenters. The first-order valence-corrected chi connectivity index (χ1v) is 5.17. The summed E-state index contributed by atoms with van der Waals surface area (Å²) in [6.45, 7) is 2.32. The van der Waals surface area contributed by atoms with Gasteiger partial charge in [0.05, 0.1) is 0 Å². The van der Waals surface area contributed by atoms with Crippen molar-refractivity contribution in [3.8, 4) is 0 Å². The molecule has 0 heterocycles. The molecule has 0 rings (SSSR count). The Bertz CT molecular complexity index is 313. The molecule has 96 valence electrons. The third-order valence-corrected chi connectivity index (χ3v) is 1.91. The lowest BCUT2D eigenvalue weighted by atomic mass is 10.2. The van der Waals surface area contributed by atoms with E-state index < -0.39 is 23.7 Å². The van der Waals surface area contributed by atoms with Gasteiger partial charge in [-0.15, -0.1) is 0 Å². The van der Waals surface area contributed by atoms with Crippen molar-refractivity contribution in [3.63, 3.8) is 0 Å². The zero-order valence-corrected chi connectivity index (χ0v) is 9.86. The van der Waals surface area contributed by atoms with E-state index in [0.717, 1.165) is 13.8 Å². The second-order valence-electron chi connectivity index (χ2n) is 3.51. The molecule has 7 heteroatoms. The number of hydrogen-bond donors (Lipinski definition) is 2. The smallest absolute Gasteiger partial charge is 0.303 e. The Labute approximate surface area is 98.7 Å². The second-order valence-corrected chi connectivity index (χ2v) is 3.51. The lowest BCUT2D eigenvalue weighted by Gasteiger charge is -2.17. The first kappa shape index (κ1) is 15.1. The van der Waals surface area contributed by atoms with Gasteiger partial charge in [-0.1, -0.05) is 0 Å². The lowest BCUT2D eigenvalue weighted by Crippen LogP contribution is -2.47. The van der Waals surface area contributed by atoms with Crippen molar-refractivity contribution in [3.05, 3.63) is 0 Å². The van der Waals surface area contributed by atoms with Crippen LogP contribution in [0.1, 0.15) is 39.5 Å². The number of nitrogens with one attached hydrogen (secondary N) is 1. The molecule has 0 aromatic heterocycles. The first-order chi connectivity index (χ1) is 7.84. The maximum absolute atomic E-state index is 11.3. The maximum Gasteiger partial charge on any atom is 0.303 e. The third-order valence-electron chi connectivity index (χ3n) is 1.91. The predicted octanol–water partition coefficient (Wildman–Crippen LogP) is 0.0576. The van der Waals surface area contributed by atoms with Crippen molar-refractivity contribution in [1.82, 2.24) is 10.4 Å². The van der Waals surface area contributed by atoms with Crippen molar-refractivity contribution in [1.29, 1.82) is 0 Å². The molecular formula is C10H16N2O5. The fraction of sp³-hybridized carbons (Fsp3) is 0.600. The van der Waals surface area contributed by atoms with Gasteiger partial charge in [0.15, 0.2) is 0 Å². The van der Waals surface area contributed by atoms with Crippen LogP contribution in [0, 0.1) is 0 Å². The van der Waals surface area contributed by atoms with Crippen LogP contribution >= 0.6 is 0 Å². The van der Waals surface area contributed by atoms with E-state index in [-0.39, 0.29) is 12.8 Å². The molecule has 0 fully saturated rings. The highest BCUT2D eigenvalue weighted by Crippen LogP contribution is 2.00. The molecule has 0 aromatic rings. The summed E-state index contributed by atoms with van der Waals surface area (Å²) in [6, 6.07) is 0. The van der Waals surface area contributed by atoms with Crippen LogP contribution in [0.5, 0.6) is 0 Å². The Hall–Kier alpha value is -1.92. The van der Waals surface area contributed by atoms with E-state index in [4.69, 9.17) is 5.11 Å². The highest BCUT2D eigenvalue weighted by Gasteiger charge is 2.16. The summed E-state index contributed by atoms with van der Waals surface area (Å²) in [6.07, 6.45) is 0.839. The van der Waals surface area contributed by atoms with Crippen LogP contribution in [-0.4, -0.2) is 33.8 Å². The summed E-state index contributed by atoms with van der Waals surface area (Å²) in [4.78, 5) is 43.4. The van der Waals surface area contributed by atoms with Gasteiger partial charge in [-0.3, -0.25) is 24.6 Å². The molecule has 3 amide bonds. The van der Waals surface area contributed by atoms with Gasteiger partial charge < -0.3 is 5.11 Å². The summed E-state index contributed by atoms with van der Waals surface area (Å²) in [7, 11) is 0. The minimum absolute atomic E-state index is 0.00356. The summed E-state index contributed by atoms with van der Waals surface area (Å²) >= 11 is 0. The third kappa shape index (κ3) is 7.04. The van der Waals surface area contributed by atoms with Crippen molar-refractivity contribution < 1.29 is 24.3 Å². The molecule has 0 spiro atoms. The number of carboxylic acid groups (broad SMARTS) is 1. The van der Waals surface area contributed by atoms with Crippen LogP contribution in [0.4, 0.5) is 0 Å². The van der Waals surface area contributed by atoms with Gasteiger partial charge in [0, 0.05) is 26.7 Å². The van der Waals surface area contributed by atoms with Crippen LogP contribution in [0.2, 0.25) is 0 Å². The highest BCUT2D eigenvalue weighted by molar-refractivity contribution is 5.95. The highest BCUT2D eigenvalue weighted by atomic mass is 16.4. The monoisotopic (exact) mass is 244 g/mol. The number of carbonyl (C=O) groups excluding carboxylic acids is 3. The molecule has 0 atom stereocenters. The van der Waals surface area contributed by atoms with E-state index in [1.54, 1.807) is 0 Å². The molecule has 0 aliphatic rings. The number of unbranched alkanes of at least 4 members (excludes halogenated alkanes) is 1. The molecule has 0 aliphatic carbocycles. The fourth-order valence-corrected chi connectivity index (χ4v) is 1.12. The molecule has 0 bridgehead atoms. The SMILES string of the molecule is CC(=O)N(NC(=O)CCCCC(=O)O)C(C)=O. The standard InChI is InChI=1S/C10H16N2O5/c1-7(13)12(8(2)14)11-9(15)5-3-4-6-10(16)17/h3-6H2,1-2H3,(H,11,15)(H,16,17). The van der Waals surface area contributed by atoms with Gasteiger partial charge in [-0.05, 0) is 12.8 Å². The van der Waals surface area contributed by atoms with Gasteiger partial charge in [-0.2, -0.15) is 5.01 Å². The van der Waals surface area contributed by atoms with E-state index in [9.17, 15) is 19.2 Å².